The van der Waals surface area contributed by atoms with Gasteiger partial charge in [0.1, 0.15) is 5.60 Å². The summed E-state index contributed by atoms with van der Waals surface area (Å²) < 4.78 is 5.42. The lowest BCUT2D eigenvalue weighted by Gasteiger charge is -2.32. The molecular weight excluding hydrogens is 318 g/mol. The van der Waals surface area contributed by atoms with Crippen LogP contribution in [0.15, 0.2) is 23.8 Å². The predicted octanol–water partition coefficient (Wildman–Crippen LogP) is 4.17. The summed E-state index contributed by atoms with van der Waals surface area (Å²) >= 11 is 0. The number of imide groups is 1. The Morgan fingerprint density at radius 1 is 1.32 bits per heavy atom. The van der Waals surface area contributed by atoms with E-state index in [1.54, 1.807) is 32.9 Å². The van der Waals surface area contributed by atoms with Crippen LogP contribution in [0.1, 0.15) is 66.2 Å². The lowest BCUT2D eigenvalue weighted by molar-refractivity contribution is -0.126. The molecule has 0 aromatic heterocycles. The first kappa shape index (κ1) is 19.4. The molecule has 0 spiro atoms. The first-order chi connectivity index (χ1) is 11.7. The Morgan fingerprint density at radius 3 is 2.64 bits per heavy atom. The third kappa shape index (κ3) is 5.28. The summed E-state index contributed by atoms with van der Waals surface area (Å²) in [5, 5.41) is 0. The van der Waals surface area contributed by atoms with Gasteiger partial charge in [-0.05, 0) is 58.4 Å². The van der Waals surface area contributed by atoms with Crippen molar-refractivity contribution in [1.82, 2.24) is 4.90 Å². The highest BCUT2D eigenvalue weighted by Crippen LogP contribution is 2.32. The van der Waals surface area contributed by atoms with E-state index in [0.29, 0.717) is 6.42 Å². The van der Waals surface area contributed by atoms with Crippen molar-refractivity contribution in [3.05, 3.63) is 23.8 Å². The van der Waals surface area contributed by atoms with Gasteiger partial charge in [0, 0.05) is 12.5 Å². The monoisotopic (exact) mass is 347 g/mol. The van der Waals surface area contributed by atoms with Gasteiger partial charge in [-0.3, -0.25) is 9.59 Å². The Kier molecular flexibility index (Phi) is 6.20. The van der Waals surface area contributed by atoms with Crippen molar-refractivity contribution < 1.29 is 19.1 Å². The fourth-order valence-corrected chi connectivity index (χ4v) is 3.51. The van der Waals surface area contributed by atoms with E-state index in [9.17, 15) is 14.4 Å². The molecule has 0 fully saturated rings. The summed E-state index contributed by atoms with van der Waals surface area (Å²) in [6, 6.07) is -0.305. The lowest BCUT2D eigenvalue weighted by atomic mass is 9.84. The van der Waals surface area contributed by atoms with Crippen LogP contribution in [-0.4, -0.2) is 34.3 Å². The number of hydrogen-bond acceptors (Lipinski definition) is 4. The van der Waals surface area contributed by atoms with Crippen LogP contribution in [0.25, 0.3) is 0 Å². The van der Waals surface area contributed by atoms with Gasteiger partial charge in [0.25, 0.3) is 5.91 Å². The highest BCUT2D eigenvalue weighted by molar-refractivity contribution is 6.01. The molecule has 0 saturated carbocycles. The fourth-order valence-electron chi connectivity index (χ4n) is 3.51. The molecule has 1 aliphatic carbocycles. The highest BCUT2D eigenvalue weighted by Gasteiger charge is 2.39. The minimum absolute atomic E-state index is 0.109. The molecule has 0 aromatic rings. The zero-order valence-corrected chi connectivity index (χ0v) is 15.7. The summed E-state index contributed by atoms with van der Waals surface area (Å²) in [5.41, 5.74) is 0.481. The van der Waals surface area contributed by atoms with E-state index < -0.39 is 11.7 Å². The van der Waals surface area contributed by atoms with Gasteiger partial charge in [0.2, 0.25) is 0 Å². The van der Waals surface area contributed by atoms with Gasteiger partial charge in [-0.15, -0.1) is 0 Å². The second kappa shape index (κ2) is 7.98. The van der Waals surface area contributed by atoms with Crippen molar-refractivity contribution in [3.8, 4) is 0 Å². The summed E-state index contributed by atoms with van der Waals surface area (Å²) in [5.74, 6) is -0.0371. The van der Waals surface area contributed by atoms with Crippen molar-refractivity contribution in [2.75, 3.05) is 0 Å². The van der Waals surface area contributed by atoms with Crippen LogP contribution in [-0.2, 0) is 14.3 Å². The summed E-state index contributed by atoms with van der Waals surface area (Å²) in [6.45, 7) is 7.45. The maximum Gasteiger partial charge on any atom is 0.417 e. The SMILES string of the molecule is CCCC(CC1=CC(=O)CCC1)C1C=CC(=O)N1C(=O)OC(C)(C)C. The Bertz CT molecular complexity index is 597. The van der Waals surface area contributed by atoms with Crippen LogP contribution in [0, 0.1) is 5.92 Å². The van der Waals surface area contributed by atoms with Crippen LogP contribution < -0.4 is 0 Å². The van der Waals surface area contributed by atoms with Crippen LogP contribution in [0.2, 0.25) is 0 Å². The summed E-state index contributed by atoms with van der Waals surface area (Å²) in [7, 11) is 0. The molecule has 1 aliphatic heterocycles. The molecule has 5 nitrogen and oxygen atoms in total. The first-order valence-electron chi connectivity index (χ1n) is 9.18. The van der Waals surface area contributed by atoms with Gasteiger partial charge in [-0.1, -0.05) is 25.0 Å². The standard InChI is InChI=1S/C20H29NO4/c1-5-7-15(12-14-8-6-9-16(22)13-14)17-10-11-18(23)21(17)19(24)25-20(2,3)4/h10-11,13,15,17H,5-9,12H2,1-4H3. The Balaban J connectivity index is 2.17. The quantitative estimate of drug-likeness (QED) is 0.748. The molecule has 0 N–H and O–H groups in total. The number of rotatable bonds is 5. The number of carbonyl (C=O) groups is 3. The summed E-state index contributed by atoms with van der Waals surface area (Å²) in [4.78, 5) is 37.7. The minimum atomic E-state index is -0.650. The normalized spacial score (nSPS) is 22.2. The number of hydrogen-bond donors (Lipinski definition) is 0. The van der Waals surface area contributed by atoms with Gasteiger partial charge in [-0.2, -0.15) is 0 Å². The minimum Gasteiger partial charge on any atom is -0.443 e. The number of amides is 2. The number of allylic oxidation sites excluding steroid dienone is 2. The molecule has 2 atom stereocenters. The van der Waals surface area contributed by atoms with Gasteiger partial charge in [0.05, 0.1) is 6.04 Å². The zero-order chi connectivity index (χ0) is 18.6. The van der Waals surface area contributed by atoms with E-state index >= 15 is 0 Å². The maximum atomic E-state index is 12.5. The third-order valence-corrected chi connectivity index (χ3v) is 4.51. The topological polar surface area (TPSA) is 63.7 Å². The zero-order valence-electron chi connectivity index (χ0n) is 15.7. The van der Waals surface area contributed by atoms with Crippen LogP contribution in [0.5, 0.6) is 0 Å². The average Bonchev–Trinajstić information content (AvgIpc) is 2.87. The maximum absolute atomic E-state index is 12.5. The highest BCUT2D eigenvalue weighted by atomic mass is 16.6. The molecule has 138 valence electrons. The van der Waals surface area contributed by atoms with Crippen LogP contribution >= 0.6 is 0 Å². The fraction of sp³-hybridized carbons (Fsp3) is 0.650. The van der Waals surface area contributed by atoms with E-state index in [1.165, 1.54) is 11.0 Å². The Labute approximate surface area is 150 Å². The molecule has 0 bridgehead atoms. The number of ketones is 1. The molecule has 0 saturated heterocycles. The molecule has 2 aliphatic rings. The second-order valence-corrected chi connectivity index (χ2v) is 7.91. The second-order valence-electron chi connectivity index (χ2n) is 7.91. The van der Waals surface area contributed by atoms with Crippen LogP contribution in [0.3, 0.4) is 0 Å². The number of nitrogens with zero attached hydrogens (tertiary/aromatic N) is 1. The van der Waals surface area contributed by atoms with Gasteiger partial charge >= 0.3 is 6.09 Å². The number of carbonyl (C=O) groups excluding carboxylic acids is 3. The number of ether oxygens (including phenoxy) is 1. The molecule has 2 unspecified atom stereocenters. The Morgan fingerprint density at radius 2 is 2.04 bits per heavy atom. The molecule has 1 heterocycles. The molecule has 2 amide bonds. The molecule has 0 aromatic carbocycles. The third-order valence-electron chi connectivity index (χ3n) is 4.51. The van der Waals surface area contributed by atoms with E-state index in [1.807, 2.05) is 0 Å². The molecule has 5 heteroatoms. The van der Waals surface area contributed by atoms with Crippen molar-refractivity contribution in [2.24, 2.45) is 5.92 Å². The smallest absolute Gasteiger partial charge is 0.417 e. The summed E-state index contributed by atoms with van der Waals surface area (Å²) in [6.07, 6.45) is 9.41. The Hall–Kier alpha value is -1.91. The average molecular weight is 347 g/mol. The molecular formula is C20H29NO4. The van der Waals surface area contributed by atoms with Crippen molar-refractivity contribution in [3.63, 3.8) is 0 Å². The van der Waals surface area contributed by atoms with Crippen molar-refractivity contribution in [2.45, 2.75) is 77.9 Å². The van der Waals surface area contributed by atoms with Gasteiger partial charge < -0.3 is 4.74 Å². The molecule has 0 radical (unpaired) electrons. The van der Waals surface area contributed by atoms with Crippen LogP contribution in [0.4, 0.5) is 4.79 Å². The van der Waals surface area contributed by atoms with E-state index in [2.05, 4.69) is 6.92 Å². The van der Waals surface area contributed by atoms with Gasteiger partial charge in [0.15, 0.2) is 5.78 Å². The largest absolute Gasteiger partial charge is 0.443 e. The van der Waals surface area contributed by atoms with Gasteiger partial charge in [-0.25, -0.2) is 9.69 Å². The first-order valence-corrected chi connectivity index (χ1v) is 9.18. The molecule has 2 rings (SSSR count). The van der Waals surface area contributed by atoms with E-state index in [-0.39, 0.29) is 23.7 Å². The molecule has 25 heavy (non-hydrogen) atoms. The van der Waals surface area contributed by atoms with E-state index in [4.69, 9.17) is 4.74 Å². The van der Waals surface area contributed by atoms with Crippen molar-refractivity contribution >= 4 is 17.8 Å². The lowest BCUT2D eigenvalue weighted by Crippen LogP contribution is -2.45. The predicted molar refractivity (Wildman–Crippen MR) is 96.0 cm³/mol. The van der Waals surface area contributed by atoms with E-state index in [0.717, 1.165) is 37.7 Å². The van der Waals surface area contributed by atoms with Crippen molar-refractivity contribution in [1.29, 1.82) is 0 Å².